The topological polar surface area (TPSA) is 0 Å². The van der Waals surface area contributed by atoms with Crippen LogP contribution in [0.3, 0.4) is 0 Å². The summed E-state index contributed by atoms with van der Waals surface area (Å²) < 4.78 is 0. The summed E-state index contributed by atoms with van der Waals surface area (Å²) in [5.41, 5.74) is 0. The Labute approximate surface area is 63.1 Å². The van der Waals surface area contributed by atoms with E-state index in [9.17, 15) is 0 Å². The van der Waals surface area contributed by atoms with Gasteiger partial charge in [-0.15, -0.1) is 0 Å². The molecule has 0 bridgehead atoms. The second kappa shape index (κ2) is 5.23. The maximum Gasteiger partial charge on any atom is 0 e. The van der Waals surface area contributed by atoms with E-state index in [1.807, 2.05) is 0 Å². The van der Waals surface area contributed by atoms with Crippen molar-refractivity contribution in [2.45, 2.75) is 13.8 Å². The van der Waals surface area contributed by atoms with Gasteiger partial charge in [0.1, 0.15) is 0 Å². The Balaban J connectivity index is 0. The summed E-state index contributed by atoms with van der Waals surface area (Å²) in [6, 6.07) is 0. The zero-order valence-electron chi connectivity index (χ0n) is 3.54. The van der Waals surface area contributed by atoms with Gasteiger partial charge in [-0.3, -0.25) is 0 Å². The molecule has 1 heteroatoms. The first-order valence-corrected chi connectivity index (χ1v) is 1.56. The quantitative estimate of drug-likeness (QED) is 0.555. The maximum atomic E-state index is 3.64. The summed E-state index contributed by atoms with van der Waals surface area (Å²) >= 11 is 0. The Bertz CT molecular complexity index is 8.36. The molecular weight excluding hydrogens is 223 g/mol. The van der Waals surface area contributed by atoms with Crippen molar-refractivity contribution < 1.29 is 36.9 Å². The van der Waals surface area contributed by atoms with E-state index in [0.29, 0.717) is 5.92 Å². The molecule has 0 N–H and O–H groups in total. The van der Waals surface area contributed by atoms with E-state index < -0.39 is 0 Å². The zero-order chi connectivity index (χ0) is 3.58. The van der Waals surface area contributed by atoms with Gasteiger partial charge in [-0.2, -0.15) is 5.92 Å². The molecule has 0 saturated carbocycles. The fraction of sp³-hybridized carbons (Fsp3) is 0.750. The van der Waals surface area contributed by atoms with Crippen LogP contribution in [0.1, 0.15) is 13.8 Å². The Morgan fingerprint density at radius 2 is 1.40 bits per heavy atom. The van der Waals surface area contributed by atoms with Crippen molar-refractivity contribution in [3.63, 3.8) is 0 Å². The number of hydrogen-bond donors (Lipinski definition) is 0. The SMILES string of the molecule is [CH2-]C(C)C.[Lu]. The second-order valence-electron chi connectivity index (χ2n) is 1.39. The molecule has 41 valence electrons. The summed E-state index contributed by atoms with van der Waals surface area (Å²) in [6.45, 7) is 7.75. The van der Waals surface area contributed by atoms with E-state index in [4.69, 9.17) is 0 Å². The monoisotopic (exact) mass is 232 g/mol. The zero-order valence-corrected chi connectivity index (χ0v) is 5.20. The van der Waals surface area contributed by atoms with E-state index >= 15 is 0 Å². The first kappa shape index (κ1) is 9.53. The second-order valence-corrected chi connectivity index (χ2v) is 1.39. The Kier molecular flexibility index (Phi) is 9.97. The van der Waals surface area contributed by atoms with Crippen LogP contribution in [0.25, 0.3) is 0 Å². The third-order valence-corrected chi connectivity index (χ3v) is 0. The van der Waals surface area contributed by atoms with Gasteiger partial charge in [0.15, 0.2) is 0 Å². The van der Waals surface area contributed by atoms with Crippen molar-refractivity contribution >= 4 is 0 Å². The van der Waals surface area contributed by atoms with Gasteiger partial charge < -0.3 is 6.92 Å². The fourth-order valence-electron chi connectivity index (χ4n) is 0. The van der Waals surface area contributed by atoms with E-state index in [1.54, 1.807) is 0 Å². The summed E-state index contributed by atoms with van der Waals surface area (Å²) in [5.74, 6) is 0.583. The molecule has 0 amide bonds. The smallest absolute Gasteiger partial charge is 0 e. The molecule has 0 aromatic rings. The van der Waals surface area contributed by atoms with Gasteiger partial charge in [-0.05, 0) is 0 Å². The van der Waals surface area contributed by atoms with Crippen molar-refractivity contribution in [2.75, 3.05) is 0 Å². The van der Waals surface area contributed by atoms with Crippen molar-refractivity contribution in [3.05, 3.63) is 6.92 Å². The fourth-order valence-corrected chi connectivity index (χ4v) is 0. The van der Waals surface area contributed by atoms with Gasteiger partial charge in [-0.1, -0.05) is 13.8 Å². The molecule has 0 saturated heterocycles. The van der Waals surface area contributed by atoms with E-state index in [1.165, 1.54) is 0 Å². The van der Waals surface area contributed by atoms with Crippen LogP contribution >= 0.6 is 0 Å². The Hall–Kier alpha value is 1.23. The van der Waals surface area contributed by atoms with E-state index in [0.717, 1.165) is 0 Å². The maximum absolute atomic E-state index is 3.64. The third-order valence-electron chi connectivity index (χ3n) is 0. The summed E-state index contributed by atoms with van der Waals surface area (Å²) in [7, 11) is 0. The van der Waals surface area contributed by atoms with Crippen LogP contribution < -0.4 is 0 Å². The van der Waals surface area contributed by atoms with Gasteiger partial charge >= 0.3 is 0 Å². The third kappa shape index (κ3) is 36.0. The Morgan fingerprint density at radius 1 is 1.40 bits per heavy atom. The molecule has 1 radical (unpaired) electrons. The van der Waals surface area contributed by atoms with Gasteiger partial charge in [0.2, 0.25) is 0 Å². The van der Waals surface area contributed by atoms with Crippen LogP contribution in [0.2, 0.25) is 0 Å². The van der Waals surface area contributed by atoms with Gasteiger partial charge in [-0.25, -0.2) is 0 Å². The molecule has 0 aromatic carbocycles. The molecule has 0 heterocycles. The molecular formula is C4H9Lu-. The van der Waals surface area contributed by atoms with E-state index in [2.05, 4.69) is 20.8 Å². The normalized spacial score (nSPS) is 7.20. The van der Waals surface area contributed by atoms with Crippen LogP contribution in [0.5, 0.6) is 0 Å². The first-order chi connectivity index (χ1) is 1.73. The minimum absolute atomic E-state index is 0. The van der Waals surface area contributed by atoms with Crippen LogP contribution in [-0.2, 0) is 0 Å². The molecule has 0 aliphatic carbocycles. The van der Waals surface area contributed by atoms with Crippen LogP contribution in [0.15, 0.2) is 0 Å². The van der Waals surface area contributed by atoms with Gasteiger partial charge in [0, 0.05) is 36.9 Å². The average molecular weight is 232 g/mol. The molecule has 0 aliphatic rings. The van der Waals surface area contributed by atoms with Gasteiger partial charge in [0.05, 0.1) is 0 Å². The van der Waals surface area contributed by atoms with Crippen LogP contribution in [-0.4, -0.2) is 0 Å². The van der Waals surface area contributed by atoms with Crippen molar-refractivity contribution in [1.29, 1.82) is 0 Å². The van der Waals surface area contributed by atoms with E-state index in [-0.39, 0.29) is 36.9 Å². The first-order valence-electron chi connectivity index (χ1n) is 1.56. The summed E-state index contributed by atoms with van der Waals surface area (Å²) in [6.07, 6.45) is 0. The molecule has 0 fully saturated rings. The Morgan fingerprint density at radius 3 is 1.40 bits per heavy atom. The molecule has 0 rings (SSSR count). The van der Waals surface area contributed by atoms with Gasteiger partial charge in [0.25, 0.3) is 0 Å². The molecule has 0 nitrogen and oxygen atoms in total. The van der Waals surface area contributed by atoms with Crippen LogP contribution in [0.4, 0.5) is 0 Å². The van der Waals surface area contributed by atoms with Crippen molar-refractivity contribution in [1.82, 2.24) is 0 Å². The molecule has 0 spiro atoms. The standard InChI is InChI=1S/C4H9.Lu/c1-4(2)3;/h4H,1H2,2-3H3;/q-1;. The number of hydrogen-bond acceptors (Lipinski definition) is 0. The average Bonchev–Trinajstić information content (AvgIpc) is 0.811. The van der Waals surface area contributed by atoms with Crippen LogP contribution in [0, 0.1) is 49.7 Å². The molecule has 0 aliphatic heterocycles. The summed E-state index contributed by atoms with van der Waals surface area (Å²) in [5, 5.41) is 0. The van der Waals surface area contributed by atoms with Crippen molar-refractivity contribution in [3.8, 4) is 0 Å². The minimum Gasteiger partial charge on any atom is -0.341 e. The minimum atomic E-state index is 0. The predicted molar refractivity (Wildman–Crippen MR) is 20.2 cm³/mol. The number of rotatable bonds is 0. The van der Waals surface area contributed by atoms with Crippen molar-refractivity contribution in [2.24, 2.45) is 5.92 Å². The summed E-state index contributed by atoms with van der Waals surface area (Å²) in [4.78, 5) is 0. The molecule has 0 unspecified atom stereocenters. The predicted octanol–water partition coefficient (Wildman–Crippen LogP) is 1.48. The molecule has 5 heavy (non-hydrogen) atoms. The largest absolute Gasteiger partial charge is 0.341 e. The molecule has 0 aromatic heterocycles. The molecule has 0 atom stereocenters.